The fourth-order valence-corrected chi connectivity index (χ4v) is 3.29. The molecule has 1 amide bonds. The van der Waals surface area contributed by atoms with Gasteiger partial charge in [-0.3, -0.25) is 9.48 Å². The van der Waals surface area contributed by atoms with Gasteiger partial charge in [0.15, 0.2) is 0 Å². The molecule has 5 nitrogen and oxygen atoms in total. The van der Waals surface area contributed by atoms with Crippen LogP contribution in [0.4, 0.5) is 4.39 Å². The molecule has 1 heterocycles. The van der Waals surface area contributed by atoms with Gasteiger partial charge in [0.25, 0.3) is 0 Å². The van der Waals surface area contributed by atoms with Crippen molar-refractivity contribution in [3.8, 4) is 0 Å². The lowest BCUT2D eigenvalue weighted by atomic mass is 9.75. The second kappa shape index (κ2) is 6.91. The quantitative estimate of drug-likeness (QED) is 0.869. The standard InChI is InChI=1S/C17H19ClFN3O2/c1-22-9-11(8-20-22)17(10-5-12(23)6-10)21-16(24)7-13-14(18)3-2-4-15(13)19/h2-4,8-10,12,17,23H,5-7H2,1H3,(H,21,24). The van der Waals surface area contributed by atoms with Gasteiger partial charge >= 0.3 is 0 Å². The molecule has 1 unspecified atom stereocenters. The van der Waals surface area contributed by atoms with Crippen LogP contribution in [0.25, 0.3) is 0 Å². The molecule has 1 aromatic carbocycles. The van der Waals surface area contributed by atoms with Gasteiger partial charge in [0.05, 0.1) is 24.8 Å². The third-order valence-electron chi connectivity index (χ3n) is 4.42. The molecule has 2 N–H and O–H groups in total. The number of aliphatic hydroxyl groups excluding tert-OH is 1. The number of benzene rings is 1. The van der Waals surface area contributed by atoms with Crippen molar-refractivity contribution in [2.24, 2.45) is 13.0 Å². The zero-order valence-corrected chi connectivity index (χ0v) is 14.0. The smallest absolute Gasteiger partial charge is 0.225 e. The van der Waals surface area contributed by atoms with E-state index in [9.17, 15) is 14.3 Å². The second-order valence-electron chi connectivity index (χ2n) is 6.25. The van der Waals surface area contributed by atoms with Gasteiger partial charge in [-0.15, -0.1) is 0 Å². The number of hydrogen-bond donors (Lipinski definition) is 2. The van der Waals surface area contributed by atoms with E-state index in [-0.39, 0.29) is 41.0 Å². The fourth-order valence-electron chi connectivity index (χ4n) is 3.06. The molecule has 2 aromatic rings. The summed E-state index contributed by atoms with van der Waals surface area (Å²) in [4.78, 5) is 12.4. The van der Waals surface area contributed by atoms with Crippen LogP contribution in [0, 0.1) is 11.7 Å². The molecule has 1 atom stereocenters. The molecule has 0 bridgehead atoms. The van der Waals surface area contributed by atoms with Gasteiger partial charge in [0.1, 0.15) is 5.82 Å². The lowest BCUT2D eigenvalue weighted by Gasteiger charge is -2.37. The van der Waals surface area contributed by atoms with Crippen LogP contribution < -0.4 is 5.32 Å². The number of nitrogens with one attached hydrogen (secondary N) is 1. The van der Waals surface area contributed by atoms with Gasteiger partial charge in [-0.05, 0) is 30.9 Å². The summed E-state index contributed by atoms with van der Waals surface area (Å²) in [6, 6.07) is 4.11. The van der Waals surface area contributed by atoms with E-state index in [1.54, 1.807) is 24.0 Å². The number of aliphatic hydroxyl groups is 1. The van der Waals surface area contributed by atoms with E-state index in [0.717, 1.165) is 5.56 Å². The van der Waals surface area contributed by atoms with Crippen molar-refractivity contribution in [2.75, 3.05) is 0 Å². The Morgan fingerprint density at radius 2 is 2.29 bits per heavy atom. The predicted octanol–water partition coefficient (Wildman–Crippen LogP) is 2.38. The average Bonchev–Trinajstić information content (AvgIpc) is 2.92. The summed E-state index contributed by atoms with van der Waals surface area (Å²) in [5.74, 6) is -0.656. The van der Waals surface area contributed by atoms with Gasteiger partial charge in [-0.25, -0.2) is 4.39 Å². The Morgan fingerprint density at radius 3 is 2.88 bits per heavy atom. The summed E-state index contributed by atoms with van der Waals surface area (Å²) < 4.78 is 15.5. The summed E-state index contributed by atoms with van der Waals surface area (Å²) in [5, 5.41) is 16.9. The Hall–Kier alpha value is -1.92. The molecule has 1 aliphatic rings. The van der Waals surface area contributed by atoms with Crippen LogP contribution in [0.15, 0.2) is 30.6 Å². The summed E-state index contributed by atoms with van der Waals surface area (Å²) in [6.07, 6.45) is 4.34. The van der Waals surface area contributed by atoms with Gasteiger partial charge in [0.2, 0.25) is 5.91 Å². The van der Waals surface area contributed by atoms with Crippen LogP contribution in [0.5, 0.6) is 0 Å². The predicted molar refractivity (Wildman–Crippen MR) is 87.9 cm³/mol. The lowest BCUT2D eigenvalue weighted by Crippen LogP contribution is -2.41. The number of halogens is 2. The molecule has 0 saturated heterocycles. The Balaban J connectivity index is 1.74. The van der Waals surface area contributed by atoms with Gasteiger partial charge in [-0.1, -0.05) is 17.7 Å². The Kier molecular flexibility index (Phi) is 4.87. The molecule has 0 aliphatic heterocycles. The van der Waals surface area contributed by atoms with E-state index < -0.39 is 5.82 Å². The van der Waals surface area contributed by atoms with Crippen molar-refractivity contribution in [3.05, 3.63) is 52.6 Å². The van der Waals surface area contributed by atoms with Crippen molar-refractivity contribution in [2.45, 2.75) is 31.4 Å². The normalized spacial score (nSPS) is 21.2. The molecule has 1 aromatic heterocycles. The van der Waals surface area contributed by atoms with Crippen molar-refractivity contribution in [3.63, 3.8) is 0 Å². The van der Waals surface area contributed by atoms with E-state index in [4.69, 9.17) is 11.6 Å². The summed E-state index contributed by atoms with van der Waals surface area (Å²) in [5.41, 5.74) is 1.07. The Morgan fingerprint density at radius 1 is 1.54 bits per heavy atom. The molecular weight excluding hydrogens is 333 g/mol. The molecule has 3 rings (SSSR count). The maximum absolute atomic E-state index is 13.9. The number of carbonyl (C=O) groups is 1. The molecule has 1 fully saturated rings. The highest BCUT2D eigenvalue weighted by Gasteiger charge is 2.36. The van der Waals surface area contributed by atoms with Crippen LogP contribution in [-0.4, -0.2) is 26.9 Å². The zero-order valence-electron chi connectivity index (χ0n) is 13.2. The molecule has 1 aliphatic carbocycles. The molecule has 24 heavy (non-hydrogen) atoms. The third-order valence-corrected chi connectivity index (χ3v) is 4.77. The number of carbonyl (C=O) groups excluding carboxylic acids is 1. The van der Waals surface area contributed by atoms with Crippen LogP contribution in [0.3, 0.4) is 0 Å². The van der Waals surface area contributed by atoms with Crippen molar-refractivity contribution < 1.29 is 14.3 Å². The largest absolute Gasteiger partial charge is 0.393 e. The third kappa shape index (κ3) is 3.60. The molecule has 1 saturated carbocycles. The first kappa shape index (κ1) is 16.9. The minimum Gasteiger partial charge on any atom is -0.393 e. The zero-order chi connectivity index (χ0) is 17.3. The number of aryl methyl sites for hydroxylation is 1. The molecule has 7 heteroatoms. The molecule has 0 spiro atoms. The molecule has 128 valence electrons. The van der Waals surface area contributed by atoms with E-state index >= 15 is 0 Å². The van der Waals surface area contributed by atoms with E-state index in [2.05, 4.69) is 10.4 Å². The average molecular weight is 352 g/mol. The highest BCUT2D eigenvalue weighted by Crippen LogP contribution is 2.38. The maximum Gasteiger partial charge on any atom is 0.225 e. The molecular formula is C17H19ClFN3O2. The number of rotatable bonds is 5. The van der Waals surface area contributed by atoms with Gasteiger partial charge < -0.3 is 10.4 Å². The summed E-state index contributed by atoms with van der Waals surface area (Å²) >= 11 is 5.98. The summed E-state index contributed by atoms with van der Waals surface area (Å²) in [6.45, 7) is 0. The fraction of sp³-hybridized carbons (Fsp3) is 0.412. The van der Waals surface area contributed by atoms with Crippen LogP contribution in [0.2, 0.25) is 5.02 Å². The summed E-state index contributed by atoms with van der Waals surface area (Å²) in [7, 11) is 1.80. The first-order valence-electron chi connectivity index (χ1n) is 7.83. The van der Waals surface area contributed by atoms with Gasteiger partial charge in [0, 0.05) is 29.4 Å². The van der Waals surface area contributed by atoms with Crippen molar-refractivity contribution >= 4 is 17.5 Å². The number of aromatic nitrogens is 2. The van der Waals surface area contributed by atoms with E-state index in [1.165, 1.54) is 12.1 Å². The minimum absolute atomic E-state index is 0.127. The maximum atomic E-state index is 13.9. The van der Waals surface area contributed by atoms with Gasteiger partial charge in [-0.2, -0.15) is 5.10 Å². The van der Waals surface area contributed by atoms with Crippen LogP contribution >= 0.6 is 11.6 Å². The monoisotopic (exact) mass is 351 g/mol. The van der Waals surface area contributed by atoms with E-state index in [0.29, 0.717) is 12.8 Å². The SMILES string of the molecule is Cn1cc(C(NC(=O)Cc2c(F)cccc2Cl)C2CC(O)C2)cn1. The van der Waals surface area contributed by atoms with Crippen molar-refractivity contribution in [1.29, 1.82) is 0 Å². The minimum atomic E-state index is -0.491. The first-order valence-corrected chi connectivity index (χ1v) is 8.20. The van der Waals surface area contributed by atoms with Crippen LogP contribution in [-0.2, 0) is 18.3 Å². The highest BCUT2D eigenvalue weighted by atomic mass is 35.5. The highest BCUT2D eigenvalue weighted by molar-refractivity contribution is 6.31. The Labute approximate surface area is 144 Å². The lowest BCUT2D eigenvalue weighted by molar-refractivity contribution is -0.122. The Bertz CT molecular complexity index is 723. The molecule has 0 radical (unpaired) electrons. The van der Waals surface area contributed by atoms with Crippen molar-refractivity contribution in [1.82, 2.24) is 15.1 Å². The number of nitrogens with zero attached hydrogens (tertiary/aromatic N) is 2. The van der Waals surface area contributed by atoms with E-state index in [1.807, 2.05) is 6.20 Å². The number of amides is 1. The number of hydrogen-bond acceptors (Lipinski definition) is 3. The first-order chi connectivity index (χ1) is 11.4. The second-order valence-corrected chi connectivity index (χ2v) is 6.66. The topological polar surface area (TPSA) is 67.2 Å². The van der Waals surface area contributed by atoms with Crippen LogP contribution in [0.1, 0.15) is 30.0 Å².